The molecular formula is C29H25F2NO2. The zero-order valence-corrected chi connectivity index (χ0v) is 18.7. The Morgan fingerprint density at radius 3 is 2.29 bits per heavy atom. The zero-order chi connectivity index (χ0) is 23.2. The van der Waals surface area contributed by atoms with Crippen molar-refractivity contribution in [1.29, 1.82) is 0 Å². The van der Waals surface area contributed by atoms with Gasteiger partial charge >= 0.3 is 6.09 Å². The smallest absolute Gasteiger partial charge is 0.410 e. The van der Waals surface area contributed by atoms with Crippen molar-refractivity contribution in [2.24, 2.45) is 0 Å². The second-order valence-corrected chi connectivity index (χ2v) is 9.39. The molecule has 3 aromatic rings. The van der Waals surface area contributed by atoms with Gasteiger partial charge in [-0.2, -0.15) is 0 Å². The number of fused-ring (bicyclic) bond motifs is 5. The third-order valence-electron chi connectivity index (χ3n) is 7.47. The lowest BCUT2D eigenvalue weighted by Crippen LogP contribution is -2.51. The van der Waals surface area contributed by atoms with E-state index in [2.05, 4.69) is 24.3 Å². The van der Waals surface area contributed by atoms with Crippen molar-refractivity contribution in [3.63, 3.8) is 0 Å². The van der Waals surface area contributed by atoms with E-state index in [0.29, 0.717) is 18.6 Å². The van der Waals surface area contributed by atoms with Crippen molar-refractivity contribution in [2.45, 2.75) is 43.7 Å². The van der Waals surface area contributed by atoms with Crippen LogP contribution < -0.4 is 0 Å². The van der Waals surface area contributed by atoms with Gasteiger partial charge in [-0.25, -0.2) is 13.6 Å². The summed E-state index contributed by atoms with van der Waals surface area (Å²) in [5.74, 6) is -1.67. The highest BCUT2D eigenvalue weighted by molar-refractivity contribution is 5.79. The molecule has 172 valence electrons. The average Bonchev–Trinajstić information content (AvgIpc) is 3.17. The molecule has 0 radical (unpaired) electrons. The van der Waals surface area contributed by atoms with Gasteiger partial charge in [0.1, 0.15) is 6.61 Å². The van der Waals surface area contributed by atoms with Crippen LogP contribution in [0.15, 0.2) is 72.8 Å². The molecular weight excluding hydrogens is 432 g/mol. The summed E-state index contributed by atoms with van der Waals surface area (Å²) >= 11 is 0. The number of hydrogen-bond donors (Lipinski definition) is 0. The first-order valence-electron chi connectivity index (χ1n) is 11.9. The lowest BCUT2D eigenvalue weighted by molar-refractivity contribution is 0.0539. The molecule has 34 heavy (non-hydrogen) atoms. The first-order valence-corrected chi connectivity index (χ1v) is 11.9. The van der Waals surface area contributed by atoms with E-state index < -0.39 is 11.6 Å². The number of hydrogen-bond acceptors (Lipinski definition) is 2. The monoisotopic (exact) mass is 457 g/mol. The molecule has 2 heterocycles. The molecule has 6 rings (SSSR count). The summed E-state index contributed by atoms with van der Waals surface area (Å²) in [7, 11) is 0. The van der Waals surface area contributed by atoms with Gasteiger partial charge in [-0.15, -0.1) is 0 Å². The van der Waals surface area contributed by atoms with E-state index in [-0.39, 0.29) is 24.1 Å². The molecule has 0 spiro atoms. The molecule has 1 saturated heterocycles. The Balaban J connectivity index is 1.22. The van der Waals surface area contributed by atoms with Gasteiger partial charge in [-0.1, -0.05) is 60.7 Å². The molecule has 1 fully saturated rings. The van der Waals surface area contributed by atoms with Crippen LogP contribution in [0.5, 0.6) is 0 Å². The van der Waals surface area contributed by atoms with E-state index in [0.717, 1.165) is 24.8 Å². The van der Waals surface area contributed by atoms with Gasteiger partial charge in [-0.05, 0) is 71.2 Å². The number of carbonyl (C=O) groups excluding carboxylic acids is 1. The van der Waals surface area contributed by atoms with Crippen LogP contribution in [0, 0.1) is 11.6 Å². The Morgan fingerprint density at radius 1 is 0.912 bits per heavy atom. The third kappa shape index (κ3) is 3.51. The van der Waals surface area contributed by atoms with Crippen LogP contribution in [0.1, 0.15) is 48.3 Å². The average molecular weight is 458 g/mol. The molecule has 2 bridgehead atoms. The van der Waals surface area contributed by atoms with Gasteiger partial charge < -0.3 is 4.74 Å². The first-order chi connectivity index (χ1) is 16.6. The maximum Gasteiger partial charge on any atom is 0.410 e. The van der Waals surface area contributed by atoms with Crippen molar-refractivity contribution < 1.29 is 18.3 Å². The Kier molecular flexibility index (Phi) is 5.20. The second kappa shape index (κ2) is 8.39. The highest BCUT2D eigenvalue weighted by Gasteiger charge is 2.39. The molecule has 3 aliphatic rings. The van der Waals surface area contributed by atoms with Crippen LogP contribution in [0.2, 0.25) is 0 Å². The van der Waals surface area contributed by atoms with Crippen LogP contribution in [0.3, 0.4) is 0 Å². The van der Waals surface area contributed by atoms with Crippen molar-refractivity contribution in [1.82, 2.24) is 4.90 Å². The first kappa shape index (κ1) is 21.1. The molecule has 1 amide bonds. The largest absolute Gasteiger partial charge is 0.448 e. The standard InChI is InChI=1S/C29H25F2NO2/c30-27-13-12-18(16-28(27)31)19-14-20-6-5-7-21(15-19)32(20)29(33)34-17-26-24-10-3-1-8-22(24)23-9-2-4-11-25(23)26/h1-4,8-14,16,20-21,26H,5-7,15,17H2. The summed E-state index contributed by atoms with van der Waals surface area (Å²) in [6.07, 6.45) is 5.10. The molecule has 0 saturated carbocycles. The third-order valence-corrected chi connectivity index (χ3v) is 7.47. The minimum absolute atomic E-state index is 0.00233. The Labute approximate surface area is 197 Å². The summed E-state index contributed by atoms with van der Waals surface area (Å²) in [4.78, 5) is 15.2. The lowest BCUT2D eigenvalue weighted by Gasteiger charge is -2.44. The molecule has 5 heteroatoms. The van der Waals surface area contributed by atoms with Crippen molar-refractivity contribution >= 4 is 11.7 Å². The van der Waals surface area contributed by atoms with E-state index in [1.165, 1.54) is 34.4 Å². The van der Waals surface area contributed by atoms with E-state index in [1.54, 1.807) is 6.07 Å². The molecule has 0 N–H and O–H groups in total. The number of carbonyl (C=O) groups is 1. The SMILES string of the molecule is O=C(OCC1c2ccccc2-c2ccccc21)N1C2C=C(c3ccc(F)c(F)c3)CC1CCC2. The summed E-state index contributed by atoms with van der Waals surface area (Å²) in [5.41, 5.74) is 6.44. The fraction of sp³-hybridized carbons (Fsp3) is 0.276. The Bertz CT molecular complexity index is 1260. The van der Waals surface area contributed by atoms with Gasteiger partial charge in [0.2, 0.25) is 0 Å². The van der Waals surface area contributed by atoms with E-state index >= 15 is 0 Å². The summed E-state index contributed by atoms with van der Waals surface area (Å²) in [5, 5.41) is 0. The fourth-order valence-corrected chi connectivity index (χ4v) is 5.89. The molecule has 2 aliphatic heterocycles. The van der Waals surface area contributed by atoms with Gasteiger partial charge in [-0.3, -0.25) is 4.90 Å². The summed E-state index contributed by atoms with van der Waals surface area (Å²) in [6.45, 7) is 0.294. The van der Waals surface area contributed by atoms with Crippen LogP contribution in [-0.4, -0.2) is 29.7 Å². The number of halogens is 2. The van der Waals surface area contributed by atoms with Crippen LogP contribution in [-0.2, 0) is 4.74 Å². The molecule has 1 aliphatic carbocycles. The maximum absolute atomic E-state index is 13.8. The molecule has 2 atom stereocenters. The van der Waals surface area contributed by atoms with Crippen molar-refractivity contribution in [3.8, 4) is 11.1 Å². The van der Waals surface area contributed by atoms with Crippen LogP contribution in [0.4, 0.5) is 13.6 Å². The number of amides is 1. The Morgan fingerprint density at radius 2 is 1.62 bits per heavy atom. The molecule has 3 aromatic carbocycles. The number of benzene rings is 3. The lowest BCUT2D eigenvalue weighted by atomic mass is 9.83. The van der Waals surface area contributed by atoms with E-state index in [1.807, 2.05) is 35.2 Å². The number of rotatable bonds is 3. The van der Waals surface area contributed by atoms with Crippen molar-refractivity contribution in [2.75, 3.05) is 6.61 Å². The molecule has 2 unspecified atom stereocenters. The predicted octanol–water partition coefficient (Wildman–Crippen LogP) is 6.92. The van der Waals surface area contributed by atoms with Gasteiger partial charge in [0, 0.05) is 12.0 Å². The zero-order valence-electron chi connectivity index (χ0n) is 18.7. The van der Waals surface area contributed by atoms with Gasteiger partial charge in [0.25, 0.3) is 0 Å². The van der Waals surface area contributed by atoms with Gasteiger partial charge in [0.05, 0.1) is 6.04 Å². The minimum Gasteiger partial charge on any atom is -0.448 e. The fourth-order valence-electron chi connectivity index (χ4n) is 5.89. The maximum atomic E-state index is 13.8. The normalized spacial score (nSPS) is 21.0. The predicted molar refractivity (Wildman–Crippen MR) is 127 cm³/mol. The van der Waals surface area contributed by atoms with Crippen molar-refractivity contribution in [3.05, 3.63) is 101 Å². The summed E-state index contributed by atoms with van der Waals surface area (Å²) in [6, 6.07) is 20.5. The minimum atomic E-state index is -0.847. The number of piperidine rings is 1. The Hall–Kier alpha value is -3.47. The topological polar surface area (TPSA) is 29.5 Å². The summed E-state index contributed by atoms with van der Waals surface area (Å²) < 4.78 is 33.1. The number of ether oxygens (including phenoxy) is 1. The highest BCUT2D eigenvalue weighted by atomic mass is 19.2. The second-order valence-electron chi connectivity index (χ2n) is 9.39. The van der Waals surface area contributed by atoms with E-state index in [4.69, 9.17) is 4.74 Å². The molecule has 0 aromatic heterocycles. The quantitative estimate of drug-likeness (QED) is 0.427. The number of nitrogens with zero attached hydrogens (tertiary/aromatic N) is 1. The molecule has 3 nitrogen and oxygen atoms in total. The van der Waals surface area contributed by atoms with Crippen LogP contribution >= 0.6 is 0 Å². The highest BCUT2D eigenvalue weighted by Crippen LogP contribution is 2.45. The van der Waals surface area contributed by atoms with E-state index in [9.17, 15) is 13.6 Å². The van der Waals surface area contributed by atoms with Gasteiger partial charge in [0.15, 0.2) is 11.6 Å². The van der Waals surface area contributed by atoms with Crippen LogP contribution in [0.25, 0.3) is 16.7 Å².